The van der Waals surface area contributed by atoms with Crippen molar-refractivity contribution < 1.29 is 4.79 Å². The molecule has 1 atom stereocenters. The van der Waals surface area contributed by atoms with Gasteiger partial charge in [-0.15, -0.1) is 11.3 Å². The molecular formula is C13H13NOS. The van der Waals surface area contributed by atoms with E-state index in [1.54, 1.807) is 11.3 Å². The predicted octanol–water partition coefficient (Wildman–Crippen LogP) is 2.72. The van der Waals surface area contributed by atoms with E-state index >= 15 is 0 Å². The maximum Gasteiger partial charge on any atom is 0.220 e. The Bertz CT molecular complexity index is 531. The number of thiophene rings is 1. The first-order chi connectivity index (χ1) is 7.83. The number of hydrogen-bond donors (Lipinski definition) is 1. The average molecular weight is 231 g/mol. The van der Waals surface area contributed by atoms with Gasteiger partial charge < -0.3 is 5.32 Å². The number of fused-ring (bicyclic) bond motifs is 1. The molecule has 1 aromatic carbocycles. The van der Waals surface area contributed by atoms with Gasteiger partial charge in [0.05, 0.1) is 0 Å². The Morgan fingerprint density at radius 2 is 2.25 bits per heavy atom. The van der Waals surface area contributed by atoms with Crippen LogP contribution in [-0.2, 0) is 11.2 Å². The summed E-state index contributed by atoms with van der Waals surface area (Å²) in [5.41, 5.74) is 1.37. The first kappa shape index (κ1) is 9.85. The van der Waals surface area contributed by atoms with E-state index in [0.29, 0.717) is 12.5 Å². The van der Waals surface area contributed by atoms with Crippen LogP contribution < -0.4 is 5.32 Å². The van der Waals surface area contributed by atoms with Crippen LogP contribution in [0.25, 0.3) is 10.1 Å². The lowest BCUT2D eigenvalue weighted by molar-refractivity contribution is -0.119. The molecule has 0 radical (unpaired) electrons. The molecular weight excluding hydrogens is 218 g/mol. The van der Waals surface area contributed by atoms with Crippen LogP contribution in [0.1, 0.15) is 18.4 Å². The maximum atomic E-state index is 11.1. The second kappa shape index (κ2) is 3.91. The Hall–Kier alpha value is -1.35. The Morgan fingerprint density at radius 1 is 1.38 bits per heavy atom. The lowest BCUT2D eigenvalue weighted by Gasteiger charge is -2.08. The Balaban J connectivity index is 1.86. The lowest BCUT2D eigenvalue weighted by Crippen LogP contribution is -2.26. The molecule has 0 bridgehead atoms. The molecule has 2 heterocycles. The molecule has 0 saturated carbocycles. The fourth-order valence-corrected chi connectivity index (χ4v) is 3.26. The first-order valence-electron chi connectivity index (χ1n) is 5.57. The molecule has 1 aliphatic heterocycles. The largest absolute Gasteiger partial charge is 0.353 e. The summed E-state index contributed by atoms with van der Waals surface area (Å²) in [5.74, 6) is 0.199. The number of nitrogens with one attached hydrogen (secondary N) is 1. The zero-order chi connectivity index (χ0) is 11.0. The summed E-state index contributed by atoms with van der Waals surface area (Å²) >= 11 is 1.79. The quantitative estimate of drug-likeness (QED) is 0.846. The number of amides is 1. The van der Waals surface area contributed by atoms with Crippen LogP contribution in [0.3, 0.4) is 0 Å². The molecule has 1 amide bonds. The first-order valence-corrected chi connectivity index (χ1v) is 6.45. The van der Waals surface area contributed by atoms with Gasteiger partial charge in [-0.25, -0.2) is 0 Å². The van der Waals surface area contributed by atoms with E-state index in [1.165, 1.54) is 15.6 Å². The molecule has 82 valence electrons. The van der Waals surface area contributed by atoms with E-state index in [4.69, 9.17) is 0 Å². The van der Waals surface area contributed by atoms with Gasteiger partial charge in [0, 0.05) is 17.2 Å². The molecule has 1 fully saturated rings. The summed E-state index contributed by atoms with van der Waals surface area (Å²) in [6, 6.07) is 8.80. The van der Waals surface area contributed by atoms with Crippen molar-refractivity contribution in [2.45, 2.75) is 25.3 Å². The zero-order valence-electron chi connectivity index (χ0n) is 8.90. The van der Waals surface area contributed by atoms with Crippen molar-refractivity contribution in [3.8, 4) is 0 Å². The SMILES string of the molecule is O=C1CCC(Cc2csc3ccccc23)N1. The van der Waals surface area contributed by atoms with Gasteiger partial charge in [-0.3, -0.25) is 4.79 Å². The van der Waals surface area contributed by atoms with Gasteiger partial charge in [0.2, 0.25) is 5.91 Å². The summed E-state index contributed by atoms with van der Waals surface area (Å²) in [6.45, 7) is 0. The number of benzene rings is 1. The molecule has 1 aromatic heterocycles. The summed E-state index contributed by atoms with van der Waals surface area (Å²) in [4.78, 5) is 11.1. The number of carbonyl (C=O) groups is 1. The van der Waals surface area contributed by atoms with E-state index in [2.05, 4.69) is 35.0 Å². The summed E-state index contributed by atoms with van der Waals surface area (Å²) < 4.78 is 1.34. The van der Waals surface area contributed by atoms with E-state index < -0.39 is 0 Å². The Morgan fingerprint density at radius 3 is 3.06 bits per heavy atom. The molecule has 1 saturated heterocycles. The van der Waals surface area contributed by atoms with E-state index in [-0.39, 0.29) is 5.91 Å². The highest BCUT2D eigenvalue weighted by Gasteiger charge is 2.21. The fraction of sp³-hybridized carbons (Fsp3) is 0.308. The smallest absolute Gasteiger partial charge is 0.220 e. The molecule has 1 unspecified atom stereocenters. The Labute approximate surface area is 98.3 Å². The molecule has 16 heavy (non-hydrogen) atoms. The van der Waals surface area contributed by atoms with Crippen molar-refractivity contribution in [2.75, 3.05) is 0 Å². The third-order valence-corrected chi connectivity index (χ3v) is 4.12. The summed E-state index contributed by atoms with van der Waals surface area (Å²) in [6.07, 6.45) is 2.63. The highest BCUT2D eigenvalue weighted by molar-refractivity contribution is 7.17. The molecule has 3 heteroatoms. The topological polar surface area (TPSA) is 29.1 Å². The van der Waals surface area contributed by atoms with Crippen LogP contribution in [0.15, 0.2) is 29.6 Å². The number of carbonyl (C=O) groups excluding carboxylic acids is 1. The molecule has 2 nitrogen and oxygen atoms in total. The van der Waals surface area contributed by atoms with Crippen molar-refractivity contribution >= 4 is 27.3 Å². The highest BCUT2D eigenvalue weighted by atomic mass is 32.1. The zero-order valence-corrected chi connectivity index (χ0v) is 9.72. The molecule has 0 spiro atoms. The number of rotatable bonds is 2. The predicted molar refractivity (Wildman–Crippen MR) is 66.7 cm³/mol. The summed E-state index contributed by atoms with van der Waals surface area (Å²) in [7, 11) is 0. The monoisotopic (exact) mass is 231 g/mol. The van der Waals surface area contributed by atoms with Crippen molar-refractivity contribution in [1.82, 2.24) is 5.32 Å². The van der Waals surface area contributed by atoms with Gasteiger partial charge in [-0.05, 0) is 35.2 Å². The van der Waals surface area contributed by atoms with Gasteiger partial charge in [0.1, 0.15) is 0 Å². The van der Waals surface area contributed by atoms with Crippen LogP contribution in [-0.4, -0.2) is 11.9 Å². The van der Waals surface area contributed by atoms with Crippen LogP contribution in [0.4, 0.5) is 0 Å². The minimum absolute atomic E-state index is 0.199. The van der Waals surface area contributed by atoms with Gasteiger partial charge >= 0.3 is 0 Å². The molecule has 0 aliphatic carbocycles. The highest BCUT2D eigenvalue weighted by Crippen LogP contribution is 2.27. The molecule has 1 N–H and O–H groups in total. The normalized spacial score (nSPS) is 20.2. The lowest BCUT2D eigenvalue weighted by atomic mass is 10.0. The van der Waals surface area contributed by atoms with Gasteiger partial charge in [-0.2, -0.15) is 0 Å². The van der Waals surface area contributed by atoms with Crippen molar-refractivity contribution in [1.29, 1.82) is 0 Å². The van der Waals surface area contributed by atoms with E-state index in [9.17, 15) is 4.79 Å². The second-order valence-corrected chi connectivity index (χ2v) is 5.18. The van der Waals surface area contributed by atoms with Crippen LogP contribution in [0.2, 0.25) is 0 Å². The third-order valence-electron chi connectivity index (χ3n) is 3.11. The molecule has 3 rings (SSSR count). The van der Waals surface area contributed by atoms with Crippen LogP contribution in [0, 0.1) is 0 Å². The van der Waals surface area contributed by atoms with E-state index in [0.717, 1.165) is 12.8 Å². The minimum Gasteiger partial charge on any atom is -0.353 e. The minimum atomic E-state index is 0.199. The van der Waals surface area contributed by atoms with Crippen molar-refractivity contribution in [3.05, 3.63) is 35.2 Å². The standard InChI is InChI=1S/C13H13NOS/c15-13-6-5-10(14-13)7-9-8-16-12-4-2-1-3-11(9)12/h1-4,8,10H,5-7H2,(H,14,15). The van der Waals surface area contributed by atoms with Gasteiger partial charge in [0.25, 0.3) is 0 Å². The maximum absolute atomic E-state index is 11.1. The van der Waals surface area contributed by atoms with Crippen molar-refractivity contribution in [2.24, 2.45) is 0 Å². The van der Waals surface area contributed by atoms with Crippen LogP contribution in [0.5, 0.6) is 0 Å². The van der Waals surface area contributed by atoms with Crippen LogP contribution >= 0.6 is 11.3 Å². The van der Waals surface area contributed by atoms with Gasteiger partial charge in [0.15, 0.2) is 0 Å². The second-order valence-electron chi connectivity index (χ2n) is 4.26. The Kier molecular flexibility index (Phi) is 2.40. The average Bonchev–Trinajstić information content (AvgIpc) is 2.87. The van der Waals surface area contributed by atoms with Crippen molar-refractivity contribution in [3.63, 3.8) is 0 Å². The summed E-state index contributed by atoms with van der Waals surface area (Å²) in [5, 5.41) is 6.58. The van der Waals surface area contributed by atoms with E-state index in [1.807, 2.05) is 0 Å². The fourth-order valence-electron chi connectivity index (χ4n) is 2.29. The molecule has 2 aromatic rings. The van der Waals surface area contributed by atoms with Gasteiger partial charge in [-0.1, -0.05) is 18.2 Å². The molecule has 1 aliphatic rings. The number of hydrogen-bond acceptors (Lipinski definition) is 2. The third kappa shape index (κ3) is 1.71.